The van der Waals surface area contributed by atoms with Crippen LogP contribution in [0.4, 0.5) is 11.5 Å². The molecule has 88 valence electrons. The van der Waals surface area contributed by atoms with Crippen molar-refractivity contribution in [3.05, 3.63) is 22.2 Å². The number of nitrogens with one attached hydrogen (secondary N) is 1. The summed E-state index contributed by atoms with van der Waals surface area (Å²) < 4.78 is 4.87. The molecule has 0 atom stereocenters. The van der Waals surface area contributed by atoms with E-state index in [0.29, 0.717) is 18.8 Å². The molecule has 1 aromatic rings. The number of aliphatic hydroxyl groups excluding tert-OH is 1. The Bertz CT molecular complexity index is 370. The highest BCUT2D eigenvalue weighted by atomic mass is 16.6. The van der Waals surface area contributed by atoms with Gasteiger partial charge in [0.2, 0.25) is 11.7 Å². The maximum Gasteiger partial charge on any atom is 0.311 e. The van der Waals surface area contributed by atoms with Gasteiger partial charge in [0.25, 0.3) is 0 Å². The standard InChI is InChI=1S/C9H13N3O4/c1-16-8-4-3-7(12(14)15)9(11-8)10-5-2-6-13/h3-4,13H,2,5-6H2,1H3,(H,10,11). The van der Waals surface area contributed by atoms with E-state index in [1.54, 1.807) is 0 Å². The number of ether oxygens (including phenoxy) is 1. The van der Waals surface area contributed by atoms with Gasteiger partial charge in [-0.1, -0.05) is 0 Å². The highest BCUT2D eigenvalue weighted by Crippen LogP contribution is 2.24. The molecule has 0 bridgehead atoms. The quantitative estimate of drug-likeness (QED) is 0.423. The fourth-order valence-corrected chi connectivity index (χ4v) is 1.11. The van der Waals surface area contributed by atoms with Gasteiger partial charge in [0.05, 0.1) is 12.0 Å². The zero-order valence-corrected chi connectivity index (χ0v) is 8.84. The predicted octanol–water partition coefficient (Wildman–Crippen LogP) is 0.793. The van der Waals surface area contributed by atoms with Crippen molar-refractivity contribution in [2.24, 2.45) is 0 Å². The third kappa shape index (κ3) is 3.06. The van der Waals surface area contributed by atoms with Crippen molar-refractivity contribution in [1.82, 2.24) is 4.98 Å². The van der Waals surface area contributed by atoms with Crippen molar-refractivity contribution in [3.8, 4) is 5.88 Å². The van der Waals surface area contributed by atoms with Crippen molar-refractivity contribution in [3.63, 3.8) is 0 Å². The summed E-state index contributed by atoms with van der Waals surface area (Å²) >= 11 is 0. The van der Waals surface area contributed by atoms with E-state index in [1.807, 2.05) is 0 Å². The number of aliphatic hydroxyl groups is 1. The summed E-state index contributed by atoms with van der Waals surface area (Å²) in [6.45, 7) is 0.433. The molecule has 0 amide bonds. The molecule has 1 aromatic heterocycles. The molecule has 0 spiro atoms. The first-order valence-corrected chi connectivity index (χ1v) is 4.73. The van der Waals surface area contributed by atoms with Crippen LogP contribution in [0.1, 0.15) is 6.42 Å². The van der Waals surface area contributed by atoms with E-state index >= 15 is 0 Å². The third-order valence-corrected chi connectivity index (χ3v) is 1.88. The van der Waals surface area contributed by atoms with Crippen LogP contribution in [0.5, 0.6) is 5.88 Å². The van der Waals surface area contributed by atoms with Crippen LogP contribution in [0.25, 0.3) is 0 Å². The van der Waals surface area contributed by atoms with Gasteiger partial charge in [-0.2, -0.15) is 4.98 Å². The molecule has 2 N–H and O–H groups in total. The SMILES string of the molecule is COc1ccc([N+](=O)[O-])c(NCCCO)n1. The number of hydrogen-bond donors (Lipinski definition) is 2. The maximum absolute atomic E-state index is 10.7. The molecule has 7 heteroatoms. The van der Waals surface area contributed by atoms with Crippen LogP contribution in [0.2, 0.25) is 0 Å². The second-order valence-electron chi connectivity index (χ2n) is 2.98. The Morgan fingerprint density at radius 3 is 2.94 bits per heavy atom. The highest BCUT2D eigenvalue weighted by Gasteiger charge is 2.15. The highest BCUT2D eigenvalue weighted by molar-refractivity contribution is 5.56. The van der Waals surface area contributed by atoms with Gasteiger partial charge >= 0.3 is 5.69 Å². The van der Waals surface area contributed by atoms with Crippen molar-refractivity contribution in [2.75, 3.05) is 25.6 Å². The van der Waals surface area contributed by atoms with Gasteiger partial charge in [-0.25, -0.2) is 0 Å². The number of nitrogens with zero attached hydrogens (tertiary/aromatic N) is 2. The molecule has 16 heavy (non-hydrogen) atoms. The van der Waals surface area contributed by atoms with Crippen molar-refractivity contribution in [2.45, 2.75) is 6.42 Å². The van der Waals surface area contributed by atoms with E-state index < -0.39 is 4.92 Å². The molecule has 0 saturated carbocycles. The van der Waals surface area contributed by atoms with Gasteiger partial charge in [-0.15, -0.1) is 0 Å². The lowest BCUT2D eigenvalue weighted by molar-refractivity contribution is -0.384. The Morgan fingerprint density at radius 2 is 2.38 bits per heavy atom. The minimum absolute atomic E-state index is 0.0186. The van der Waals surface area contributed by atoms with Gasteiger partial charge in [0, 0.05) is 25.3 Å². The summed E-state index contributed by atoms with van der Waals surface area (Å²) in [5, 5.41) is 22.1. The number of methoxy groups -OCH3 is 1. The lowest BCUT2D eigenvalue weighted by Crippen LogP contribution is -2.08. The third-order valence-electron chi connectivity index (χ3n) is 1.88. The number of pyridine rings is 1. The molecule has 0 aliphatic heterocycles. The topological polar surface area (TPSA) is 97.5 Å². The number of nitro groups is 1. The van der Waals surface area contributed by atoms with Crippen LogP contribution in [0.15, 0.2) is 12.1 Å². The molecule has 0 fully saturated rings. The average Bonchev–Trinajstić information content (AvgIpc) is 2.29. The van der Waals surface area contributed by atoms with Crippen LogP contribution in [-0.4, -0.2) is 35.3 Å². The molecular weight excluding hydrogens is 214 g/mol. The molecule has 0 aliphatic rings. The minimum atomic E-state index is -0.520. The summed E-state index contributed by atoms with van der Waals surface area (Å²) in [5.74, 6) is 0.454. The van der Waals surface area contributed by atoms with Gasteiger partial charge in [0.1, 0.15) is 0 Å². The summed E-state index contributed by atoms with van der Waals surface area (Å²) in [6, 6.07) is 2.75. The maximum atomic E-state index is 10.7. The van der Waals surface area contributed by atoms with E-state index in [4.69, 9.17) is 9.84 Å². The lowest BCUT2D eigenvalue weighted by Gasteiger charge is -2.06. The molecular formula is C9H13N3O4. The average molecular weight is 227 g/mol. The fraction of sp³-hybridized carbons (Fsp3) is 0.444. The smallest absolute Gasteiger partial charge is 0.311 e. The van der Waals surface area contributed by atoms with Crippen LogP contribution in [0.3, 0.4) is 0 Å². The van der Waals surface area contributed by atoms with E-state index in [2.05, 4.69) is 10.3 Å². The van der Waals surface area contributed by atoms with Crippen LogP contribution in [-0.2, 0) is 0 Å². The lowest BCUT2D eigenvalue weighted by atomic mass is 10.3. The van der Waals surface area contributed by atoms with Crippen molar-refractivity contribution < 1.29 is 14.8 Å². The summed E-state index contributed by atoms with van der Waals surface area (Å²) in [4.78, 5) is 14.1. The van der Waals surface area contributed by atoms with Gasteiger partial charge < -0.3 is 15.2 Å². The van der Waals surface area contributed by atoms with Gasteiger partial charge in [-0.3, -0.25) is 10.1 Å². The Hall–Kier alpha value is -1.89. The molecule has 0 radical (unpaired) electrons. The molecule has 1 rings (SSSR count). The summed E-state index contributed by atoms with van der Waals surface area (Å²) in [5.41, 5.74) is -0.112. The number of rotatable bonds is 6. The van der Waals surface area contributed by atoms with Crippen LogP contribution in [0, 0.1) is 10.1 Å². The van der Waals surface area contributed by atoms with Gasteiger partial charge in [-0.05, 0) is 6.42 Å². The second-order valence-corrected chi connectivity index (χ2v) is 2.98. The first-order valence-electron chi connectivity index (χ1n) is 4.73. The van der Waals surface area contributed by atoms with Crippen LogP contribution < -0.4 is 10.1 Å². The molecule has 0 aliphatic carbocycles. The zero-order valence-electron chi connectivity index (χ0n) is 8.84. The molecule has 0 saturated heterocycles. The molecule has 1 heterocycles. The molecule has 0 unspecified atom stereocenters. The first-order chi connectivity index (χ1) is 7.69. The van der Waals surface area contributed by atoms with Crippen molar-refractivity contribution in [1.29, 1.82) is 0 Å². The Labute approximate surface area is 92.2 Å². The van der Waals surface area contributed by atoms with E-state index in [0.717, 1.165) is 0 Å². The van der Waals surface area contributed by atoms with E-state index in [1.165, 1.54) is 19.2 Å². The predicted molar refractivity (Wildman–Crippen MR) is 57.6 cm³/mol. The molecule has 0 aromatic carbocycles. The number of aromatic nitrogens is 1. The first kappa shape index (κ1) is 12.2. The Morgan fingerprint density at radius 1 is 1.62 bits per heavy atom. The van der Waals surface area contributed by atoms with E-state index in [-0.39, 0.29) is 18.1 Å². The second kappa shape index (κ2) is 5.86. The number of hydrogen-bond acceptors (Lipinski definition) is 6. The summed E-state index contributed by atoms with van der Waals surface area (Å²) in [6.07, 6.45) is 0.496. The largest absolute Gasteiger partial charge is 0.481 e. The van der Waals surface area contributed by atoms with Gasteiger partial charge in [0.15, 0.2) is 0 Å². The van der Waals surface area contributed by atoms with E-state index in [9.17, 15) is 10.1 Å². The van der Waals surface area contributed by atoms with Crippen molar-refractivity contribution >= 4 is 11.5 Å². The Kier molecular flexibility index (Phi) is 4.46. The fourth-order valence-electron chi connectivity index (χ4n) is 1.11. The Balaban J connectivity index is 2.87. The van der Waals surface area contributed by atoms with Crippen LogP contribution >= 0.6 is 0 Å². The number of anilines is 1. The zero-order chi connectivity index (χ0) is 12.0. The summed E-state index contributed by atoms with van der Waals surface area (Å²) in [7, 11) is 1.44. The molecule has 7 nitrogen and oxygen atoms in total. The monoisotopic (exact) mass is 227 g/mol. The minimum Gasteiger partial charge on any atom is -0.481 e. The normalized spacial score (nSPS) is 9.88.